The Bertz CT molecular complexity index is 63.9. The molecule has 1 unspecified atom stereocenters. The Balaban J connectivity index is 3.06. The van der Waals surface area contributed by atoms with Crippen molar-refractivity contribution in [3.05, 3.63) is 0 Å². The number of hydrogen-bond donors (Lipinski definition) is 1. The van der Waals surface area contributed by atoms with E-state index in [0.717, 1.165) is 13.0 Å². The summed E-state index contributed by atoms with van der Waals surface area (Å²) < 4.78 is 5.23. The van der Waals surface area contributed by atoms with Crippen LogP contribution in [-0.2, 0) is 4.74 Å². The average Bonchev–Trinajstić information content (AvgIpc) is 1.83. The molecule has 0 saturated heterocycles. The number of nitrogens with two attached hydrogens (primary N) is 1. The van der Waals surface area contributed by atoms with E-state index in [-0.39, 0.29) is 6.23 Å². The molecule has 0 fully saturated rings. The quantitative estimate of drug-likeness (QED) is 0.584. The maximum Gasteiger partial charge on any atom is 0.105 e. The summed E-state index contributed by atoms with van der Waals surface area (Å²) in [6.07, 6.45) is 0.833. The first kappa shape index (κ1) is 8.92. The zero-order chi connectivity index (χ0) is 7.28. The van der Waals surface area contributed by atoms with Crippen molar-refractivity contribution in [1.29, 1.82) is 0 Å². The van der Waals surface area contributed by atoms with Gasteiger partial charge in [0.15, 0.2) is 0 Å². The van der Waals surface area contributed by atoms with Crippen LogP contribution in [0.1, 0.15) is 27.2 Å². The molecule has 0 saturated carbocycles. The van der Waals surface area contributed by atoms with Crippen molar-refractivity contribution in [1.82, 2.24) is 0 Å². The molecule has 0 aliphatic rings. The van der Waals surface area contributed by atoms with Crippen LogP contribution < -0.4 is 5.73 Å². The van der Waals surface area contributed by atoms with Crippen LogP contribution in [0.5, 0.6) is 0 Å². The molecule has 0 heterocycles. The van der Waals surface area contributed by atoms with E-state index >= 15 is 0 Å². The molecule has 1 atom stereocenters. The minimum atomic E-state index is -0.0626. The Kier molecular flexibility index (Phi) is 4.72. The lowest BCUT2D eigenvalue weighted by molar-refractivity contribution is 0.0378. The van der Waals surface area contributed by atoms with Crippen molar-refractivity contribution < 1.29 is 4.74 Å². The maximum absolute atomic E-state index is 5.50. The Morgan fingerprint density at radius 3 is 2.33 bits per heavy atom. The molecular formula is C7H17NO. The second kappa shape index (κ2) is 4.77. The normalized spacial score (nSPS) is 14.3. The van der Waals surface area contributed by atoms with Gasteiger partial charge >= 0.3 is 0 Å². The van der Waals surface area contributed by atoms with Crippen LogP contribution in [0.25, 0.3) is 0 Å². The summed E-state index contributed by atoms with van der Waals surface area (Å²) in [7, 11) is 0. The van der Waals surface area contributed by atoms with Crippen LogP contribution in [0, 0.1) is 5.92 Å². The second-order valence-corrected chi connectivity index (χ2v) is 2.67. The Morgan fingerprint density at radius 2 is 2.00 bits per heavy atom. The van der Waals surface area contributed by atoms with Crippen LogP contribution in [0.2, 0.25) is 0 Å². The maximum atomic E-state index is 5.50. The zero-order valence-corrected chi connectivity index (χ0v) is 6.55. The summed E-state index contributed by atoms with van der Waals surface area (Å²) >= 11 is 0. The summed E-state index contributed by atoms with van der Waals surface area (Å²) in [5, 5.41) is 0. The molecule has 0 amide bonds. The first-order valence-corrected chi connectivity index (χ1v) is 3.54. The van der Waals surface area contributed by atoms with E-state index in [4.69, 9.17) is 10.5 Å². The standard InChI is InChI=1S/C7H17NO/c1-4-7(8)9-5-6(2)3/h6-7H,4-5,8H2,1-3H3. The highest BCUT2D eigenvalue weighted by molar-refractivity contribution is 4.44. The summed E-state index contributed by atoms with van der Waals surface area (Å²) in [6, 6.07) is 0. The van der Waals surface area contributed by atoms with Gasteiger partial charge in [0.1, 0.15) is 6.23 Å². The number of rotatable bonds is 4. The molecule has 2 nitrogen and oxygen atoms in total. The second-order valence-electron chi connectivity index (χ2n) is 2.67. The molecule has 0 rings (SSSR count). The van der Waals surface area contributed by atoms with Gasteiger partial charge in [-0.1, -0.05) is 20.8 Å². The van der Waals surface area contributed by atoms with Gasteiger partial charge in [-0.05, 0) is 12.3 Å². The average molecular weight is 131 g/mol. The van der Waals surface area contributed by atoms with E-state index in [9.17, 15) is 0 Å². The van der Waals surface area contributed by atoms with Gasteiger partial charge in [0.25, 0.3) is 0 Å². The summed E-state index contributed by atoms with van der Waals surface area (Å²) in [5.41, 5.74) is 5.50. The van der Waals surface area contributed by atoms with E-state index in [1.54, 1.807) is 0 Å². The largest absolute Gasteiger partial charge is 0.363 e. The third kappa shape index (κ3) is 5.80. The van der Waals surface area contributed by atoms with Crippen LogP contribution in [-0.4, -0.2) is 12.8 Å². The molecule has 0 aliphatic heterocycles. The first-order chi connectivity index (χ1) is 4.16. The predicted molar refractivity (Wildman–Crippen MR) is 39.1 cm³/mol. The van der Waals surface area contributed by atoms with Gasteiger partial charge < -0.3 is 10.5 Å². The van der Waals surface area contributed by atoms with Gasteiger partial charge in [-0.2, -0.15) is 0 Å². The molecule has 0 aromatic carbocycles. The fraction of sp³-hybridized carbons (Fsp3) is 1.00. The highest BCUT2D eigenvalue weighted by atomic mass is 16.5. The van der Waals surface area contributed by atoms with Crippen LogP contribution >= 0.6 is 0 Å². The smallest absolute Gasteiger partial charge is 0.105 e. The molecule has 0 bridgehead atoms. The molecule has 56 valence electrons. The van der Waals surface area contributed by atoms with Gasteiger partial charge in [0, 0.05) is 0 Å². The van der Waals surface area contributed by atoms with E-state index < -0.39 is 0 Å². The molecule has 2 heteroatoms. The Hall–Kier alpha value is -0.0800. The topological polar surface area (TPSA) is 35.2 Å². The summed E-state index contributed by atoms with van der Waals surface area (Å²) in [6.45, 7) is 7.02. The molecule has 0 spiro atoms. The van der Waals surface area contributed by atoms with E-state index in [2.05, 4.69) is 13.8 Å². The van der Waals surface area contributed by atoms with Crippen molar-refractivity contribution in [3.63, 3.8) is 0 Å². The van der Waals surface area contributed by atoms with Gasteiger partial charge in [-0.3, -0.25) is 0 Å². The van der Waals surface area contributed by atoms with Crippen LogP contribution in [0.15, 0.2) is 0 Å². The number of hydrogen-bond acceptors (Lipinski definition) is 2. The molecule has 0 aliphatic carbocycles. The van der Waals surface area contributed by atoms with E-state index in [1.807, 2.05) is 6.92 Å². The van der Waals surface area contributed by atoms with Crippen molar-refractivity contribution in [2.75, 3.05) is 6.61 Å². The Morgan fingerprint density at radius 1 is 1.44 bits per heavy atom. The SMILES string of the molecule is CCC(N)OCC(C)C. The Labute approximate surface area is 57.4 Å². The van der Waals surface area contributed by atoms with Crippen molar-refractivity contribution in [3.8, 4) is 0 Å². The van der Waals surface area contributed by atoms with Gasteiger partial charge in [0.2, 0.25) is 0 Å². The minimum Gasteiger partial charge on any atom is -0.363 e. The summed E-state index contributed by atoms with van der Waals surface area (Å²) in [4.78, 5) is 0. The fourth-order valence-electron chi connectivity index (χ4n) is 0.434. The van der Waals surface area contributed by atoms with Crippen LogP contribution in [0.4, 0.5) is 0 Å². The highest BCUT2D eigenvalue weighted by Gasteiger charge is 1.98. The summed E-state index contributed by atoms with van der Waals surface area (Å²) in [5.74, 6) is 0.586. The van der Waals surface area contributed by atoms with Gasteiger partial charge in [-0.15, -0.1) is 0 Å². The van der Waals surface area contributed by atoms with Gasteiger partial charge in [0.05, 0.1) is 6.61 Å². The lowest BCUT2D eigenvalue weighted by Crippen LogP contribution is -2.24. The minimum absolute atomic E-state index is 0.0626. The lowest BCUT2D eigenvalue weighted by Gasteiger charge is -2.11. The zero-order valence-electron chi connectivity index (χ0n) is 6.55. The first-order valence-electron chi connectivity index (χ1n) is 3.54. The van der Waals surface area contributed by atoms with E-state index in [1.165, 1.54) is 0 Å². The molecule has 0 radical (unpaired) electrons. The molecule has 0 aromatic heterocycles. The third-order valence-corrected chi connectivity index (χ3v) is 1.05. The van der Waals surface area contributed by atoms with Crippen molar-refractivity contribution in [2.24, 2.45) is 11.7 Å². The third-order valence-electron chi connectivity index (χ3n) is 1.05. The van der Waals surface area contributed by atoms with Crippen molar-refractivity contribution in [2.45, 2.75) is 33.4 Å². The fourth-order valence-corrected chi connectivity index (χ4v) is 0.434. The lowest BCUT2D eigenvalue weighted by atomic mass is 10.2. The predicted octanol–water partition coefficient (Wildman–Crippen LogP) is 1.35. The molecule has 9 heavy (non-hydrogen) atoms. The van der Waals surface area contributed by atoms with E-state index in [0.29, 0.717) is 5.92 Å². The van der Waals surface area contributed by atoms with Crippen LogP contribution in [0.3, 0.4) is 0 Å². The van der Waals surface area contributed by atoms with Crippen molar-refractivity contribution >= 4 is 0 Å². The molecule has 2 N–H and O–H groups in total. The number of ether oxygens (including phenoxy) is 1. The van der Waals surface area contributed by atoms with Gasteiger partial charge in [-0.25, -0.2) is 0 Å². The molecular weight excluding hydrogens is 114 g/mol. The highest BCUT2D eigenvalue weighted by Crippen LogP contribution is 1.95. The molecule has 0 aromatic rings. The monoisotopic (exact) mass is 131 g/mol.